The number of rotatable bonds is 3. The Morgan fingerprint density at radius 2 is 1.75 bits per heavy atom. The molecular formula is C15H13N5. The van der Waals surface area contributed by atoms with Gasteiger partial charge in [0.2, 0.25) is 0 Å². The third-order valence-corrected chi connectivity index (χ3v) is 2.46. The van der Waals surface area contributed by atoms with Crippen LogP contribution in [0, 0.1) is 18.3 Å². The van der Waals surface area contributed by atoms with Crippen molar-refractivity contribution in [2.24, 2.45) is 15.3 Å². The Kier molecular flexibility index (Phi) is 4.57. The van der Waals surface area contributed by atoms with Gasteiger partial charge in [0.25, 0.3) is 5.84 Å². The fourth-order valence-electron chi connectivity index (χ4n) is 1.42. The van der Waals surface area contributed by atoms with Crippen LogP contribution in [0.4, 0.5) is 11.4 Å². The highest BCUT2D eigenvalue weighted by atomic mass is 15.3. The molecule has 0 saturated heterocycles. The first-order chi connectivity index (χ1) is 9.78. The van der Waals surface area contributed by atoms with E-state index in [1.165, 1.54) is 0 Å². The molecule has 2 rings (SSSR count). The summed E-state index contributed by atoms with van der Waals surface area (Å²) in [6.07, 6.45) is 0. The van der Waals surface area contributed by atoms with Crippen LogP contribution in [0.3, 0.4) is 0 Å². The maximum atomic E-state index is 8.95. The molecule has 0 bridgehead atoms. The predicted octanol–water partition coefficient (Wildman–Crippen LogP) is 4.03. The van der Waals surface area contributed by atoms with E-state index >= 15 is 0 Å². The summed E-state index contributed by atoms with van der Waals surface area (Å²) in [5.41, 5.74) is 5.36. The number of azo groups is 1. The van der Waals surface area contributed by atoms with Crippen molar-refractivity contribution in [1.82, 2.24) is 0 Å². The summed E-state index contributed by atoms with van der Waals surface area (Å²) < 4.78 is 0. The Bertz CT molecular complexity index is 651. The zero-order valence-electron chi connectivity index (χ0n) is 11.0. The molecule has 98 valence electrons. The van der Waals surface area contributed by atoms with Gasteiger partial charge in [0, 0.05) is 0 Å². The fraction of sp³-hybridized carbons (Fsp3) is 0.0667. The minimum Gasteiger partial charge on any atom is -0.276 e. The lowest BCUT2D eigenvalue weighted by Gasteiger charge is -1.97. The monoisotopic (exact) mass is 263 g/mol. The number of hydrogen-bond donors (Lipinski definition) is 1. The molecule has 0 unspecified atom stereocenters. The quantitative estimate of drug-likeness (QED) is 0.393. The van der Waals surface area contributed by atoms with Gasteiger partial charge in [-0.2, -0.15) is 5.26 Å². The topological polar surface area (TPSA) is 72.9 Å². The largest absolute Gasteiger partial charge is 0.276 e. The molecule has 0 spiro atoms. The molecule has 0 amide bonds. The van der Waals surface area contributed by atoms with Crippen molar-refractivity contribution in [3.8, 4) is 6.07 Å². The lowest BCUT2D eigenvalue weighted by Crippen LogP contribution is -1.95. The Balaban J connectivity index is 2.05. The zero-order valence-corrected chi connectivity index (χ0v) is 11.0. The number of benzene rings is 2. The van der Waals surface area contributed by atoms with Crippen LogP contribution in [0.15, 0.2) is 69.9 Å². The maximum absolute atomic E-state index is 8.95. The minimum atomic E-state index is -0.0329. The van der Waals surface area contributed by atoms with E-state index in [2.05, 4.69) is 20.8 Å². The van der Waals surface area contributed by atoms with E-state index in [4.69, 9.17) is 5.26 Å². The first kappa shape index (κ1) is 13.4. The van der Waals surface area contributed by atoms with Crippen LogP contribution in [0.1, 0.15) is 5.56 Å². The third-order valence-electron chi connectivity index (χ3n) is 2.46. The van der Waals surface area contributed by atoms with E-state index in [0.717, 1.165) is 11.3 Å². The van der Waals surface area contributed by atoms with Crippen molar-refractivity contribution in [2.45, 2.75) is 6.92 Å². The summed E-state index contributed by atoms with van der Waals surface area (Å²) in [5, 5.41) is 20.6. The van der Waals surface area contributed by atoms with Gasteiger partial charge in [0.15, 0.2) is 0 Å². The van der Waals surface area contributed by atoms with Crippen LogP contribution in [0.5, 0.6) is 0 Å². The summed E-state index contributed by atoms with van der Waals surface area (Å²) in [4.78, 5) is 0. The molecule has 0 fully saturated rings. The summed E-state index contributed by atoms with van der Waals surface area (Å²) in [6, 6.07) is 18.7. The number of para-hydroxylation sites is 1. The van der Waals surface area contributed by atoms with Gasteiger partial charge in [-0.1, -0.05) is 35.9 Å². The molecule has 0 atom stereocenters. The standard InChI is InChI=1S/C15H13N5/c1-12-7-9-14(10-8-12)18-20-15(11-16)19-17-13-5-3-2-4-6-13/h2-10,17H,1H3/b19-15-,20-18?. The molecule has 0 saturated carbocycles. The smallest absolute Gasteiger partial charge is 0.270 e. The summed E-state index contributed by atoms with van der Waals surface area (Å²) in [7, 11) is 0. The van der Waals surface area contributed by atoms with E-state index in [0.29, 0.717) is 5.69 Å². The molecule has 0 aliphatic heterocycles. The first-order valence-corrected chi connectivity index (χ1v) is 6.05. The van der Waals surface area contributed by atoms with Crippen LogP contribution in [-0.4, -0.2) is 5.84 Å². The van der Waals surface area contributed by atoms with Gasteiger partial charge in [0.1, 0.15) is 6.07 Å². The Labute approximate surface area is 117 Å². The highest BCUT2D eigenvalue weighted by Gasteiger charge is 1.95. The van der Waals surface area contributed by atoms with Crippen molar-refractivity contribution < 1.29 is 0 Å². The second kappa shape index (κ2) is 6.81. The summed E-state index contributed by atoms with van der Waals surface area (Å²) in [5.74, 6) is -0.0329. The van der Waals surface area contributed by atoms with Crippen LogP contribution in [0.25, 0.3) is 0 Å². The van der Waals surface area contributed by atoms with Gasteiger partial charge in [0.05, 0.1) is 11.4 Å². The third kappa shape index (κ3) is 4.03. The van der Waals surface area contributed by atoms with E-state index in [9.17, 15) is 0 Å². The van der Waals surface area contributed by atoms with Crippen LogP contribution in [0.2, 0.25) is 0 Å². The van der Waals surface area contributed by atoms with E-state index in [-0.39, 0.29) is 5.84 Å². The number of hydrogen-bond acceptors (Lipinski definition) is 4. The van der Waals surface area contributed by atoms with Gasteiger partial charge < -0.3 is 0 Å². The van der Waals surface area contributed by atoms with Crippen LogP contribution >= 0.6 is 0 Å². The second-order valence-corrected chi connectivity index (χ2v) is 4.06. The number of amidine groups is 1. The van der Waals surface area contributed by atoms with Gasteiger partial charge >= 0.3 is 0 Å². The molecule has 20 heavy (non-hydrogen) atoms. The average Bonchev–Trinajstić information content (AvgIpc) is 2.50. The van der Waals surface area contributed by atoms with Gasteiger partial charge in [-0.15, -0.1) is 15.3 Å². The highest BCUT2D eigenvalue weighted by molar-refractivity contribution is 5.97. The van der Waals surface area contributed by atoms with E-state index in [1.807, 2.05) is 67.6 Å². The number of hydrazone groups is 1. The normalized spacial score (nSPS) is 11.3. The zero-order chi connectivity index (χ0) is 14.2. The molecule has 0 aromatic heterocycles. The molecule has 2 aromatic carbocycles. The van der Waals surface area contributed by atoms with Gasteiger partial charge in [-0.3, -0.25) is 5.43 Å². The second-order valence-electron chi connectivity index (χ2n) is 4.06. The predicted molar refractivity (Wildman–Crippen MR) is 78.8 cm³/mol. The number of nitrogens with one attached hydrogen (secondary N) is 1. The molecule has 0 heterocycles. The molecule has 0 radical (unpaired) electrons. The first-order valence-electron chi connectivity index (χ1n) is 6.05. The maximum Gasteiger partial charge on any atom is 0.270 e. The van der Waals surface area contributed by atoms with Crippen molar-refractivity contribution >= 4 is 17.2 Å². The lowest BCUT2D eigenvalue weighted by atomic mass is 10.2. The fourth-order valence-corrected chi connectivity index (χ4v) is 1.42. The molecule has 0 aliphatic rings. The molecule has 1 N–H and O–H groups in total. The van der Waals surface area contributed by atoms with Gasteiger partial charge in [-0.25, -0.2) is 0 Å². The number of aryl methyl sites for hydroxylation is 1. The average molecular weight is 263 g/mol. The molecule has 2 aromatic rings. The SMILES string of the molecule is Cc1ccc(N=N/C(C#N)=N\Nc2ccccc2)cc1. The molecular weight excluding hydrogens is 250 g/mol. The Hall–Kier alpha value is -3.00. The number of nitriles is 1. The van der Waals surface area contributed by atoms with Crippen molar-refractivity contribution in [3.63, 3.8) is 0 Å². The molecule has 5 heteroatoms. The minimum absolute atomic E-state index is 0.0329. The Morgan fingerprint density at radius 1 is 1.05 bits per heavy atom. The summed E-state index contributed by atoms with van der Waals surface area (Å²) in [6.45, 7) is 1.99. The van der Waals surface area contributed by atoms with Crippen molar-refractivity contribution in [2.75, 3.05) is 5.43 Å². The number of anilines is 1. The molecule has 5 nitrogen and oxygen atoms in total. The summed E-state index contributed by atoms with van der Waals surface area (Å²) >= 11 is 0. The molecule has 0 aliphatic carbocycles. The number of nitrogens with zero attached hydrogens (tertiary/aromatic N) is 4. The highest BCUT2D eigenvalue weighted by Crippen LogP contribution is 2.13. The van der Waals surface area contributed by atoms with Crippen LogP contribution < -0.4 is 5.43 Å². The van der Waals surface area contributed by atoms with Crippen LogP contribution in [-0.2, 0) is 0 Å². The Morgan fingerprint density at radius 3 is 2.40 bits per heavy atom. The van der Waals surface area contributed by atoms with E-state index < -0.39 is 0 Å². The lowest BCUT2D eigenvalue weighted by molar-refractivity contribution is 1.23. The van der Waals surface area contributed by atoms with E-state index in [1.54, 1.807) is 0 Å². The van der Waals surface area contributed by atoms with Crippen molar-refractivity contribution in [3.05, 3.63) is 60.2 Å². The van der Waals surface area contributed by atoms with Gasteiger partial charge in [-0.05, 0) is 31.2 Å². The van der Waals surface area contributed by atoms with Crippen molar-refractivity contribution in [1.29, 1.82) is 5.26 Å².